The molecule has 0 radical (unpaired) electrons. The van der Waals surface area contributed by atoms with Crippen molar-refractivity contribution < 1.29 is 4.79 Å². The third-order valence-electron chi connectivity index (χ3n) is 3.87. The fraction of sp³-hybridized carbons (Fsp3) is 0.941. The Labute approximate surface area is 115 Å². The van der Waals surface area contributed by atoms with Gasteiger partial charge in [-0.2, -0.15) is 0 Å². The lowest BCUT2D eigenvalue weighted by Gasteiger charge is -2.16. The van der Waals surface area contributed by atoms with E-state index in [0.29, 0.717) is 0 Å². The van der Waals surface area contributed by atoms with Crippen molar-refractivity contribution in [2.75, 3.05) is 0 Å². The number of carbonyl (C=O) groups is 1. The smallest absolute Gasteiger partial charge is 0.119 e. The van der Waals surface area contributed by atoms with Crippen LogP contribution in [0.15, 0.2) is 0 Å². The molecule has 1 unspecified atom stereocenters. The van der Waals surface area contributed by atoms with E-state index >= 15 is 0 Å². The normalized spacial score (nSPS) is 12.6. The van der Waals surface area contributed by atoms with E-state index in [1.165, 1.54) is 70.6 Å². The van der Waals surface area contributed by atoms with E-state index < -0.39 is 0 Å². The van der Waals surface area contributed by atoms with Gasteiger partial charge >= 0.3 is 0 Å². The Balaban J connectivity index is 3.62. The minimum Gasteiger partial charge on any atom is -0.303 e. The molecule has 1 nitrogen and oxygen atoms in total. The highest BCUT2D eigenvalue weighted by atomic mass is 16.1. The summed E-state index contributed by atoms with van der Waals surface area (Å²) in [6.07, 6.45) is 18.0. The van der Waals surface area contributed by atoms with E-state index in [1.54, 1.807) is 0 Å². The van der Waals surface area contributed by atoms with Crippen molar-refractivity contribution >= 4 is 6.29 Å². The van der Waals surface area contributed by atoms with Gasteiger partial charge in [0.25, 0.3) is 0 Å². The minimum atomic E-state index is 0.764. The Morgan fingerprint density at radius 1 is 0.722 bits per heavy atom. The predicted octanol–water partition coefficient (Wildman–Crippen LogP) is 5.91. The molecule has 0 aliphatic rings. The molecule has 0 bridgehead atoms. The number of hydrogen-bond donors (Lipinski definition) is 0. The maximum Gasteiger partial charge on any atom is 0.119 e. The van der Waals surface area contributed by atoms with E-state index in [1.807, 2.05) is 0 Å². The van der Waals surface area contributed by atoms with E-state index in [-0.39, 0.29) is 0 Å². The molecule has 0 heterocycles. The maximum atomic E-state index is 10.4. The summed E-state index contributed by atoms with van der Waals surface area (Å²) < 4.78 is 0. The molecule has 0 fully saturated rings. The lowest BCUT2D eigenvalue weighted by molar-refractivity contribution is -0.108. The van der Waals surface area contributed by atoms with Crippen LogP contribution in [0.1, 0.15) is 97.3 Å². The zero-order valence-corrected chi connectivity index (χ0v) is 12.8. The summed E-state index contributed by atoms with van der Waals surface area (Å²) in [5.74, 6) is 0.887. The molecule has 18 heavy (non-hydrogen) atoms. The molecule has 0 aromatic carbocycles. The molecular weight excluding hydrogens is 220 g/mol. The highest BCUT2D eigenvalue weighted by Crippen LogP contribution is 2.23. The predicted molar refractivity (Wildman–Crippen MR) is 80.9 cm³/mol. The lowest BCUT2D eigenvalue weighted by atomic mass is 9.90. The molecule has 0 saturated heterocycles. The molecule has 0 spiro atoms. The highest BCUT2D eigenvalue weighted by Gasteiger charge is 2.08. The van der Waals surface area contributed by atoms with Crippen LogP contribution in [-0.2, 0) is 4.79 Å². The van der Waals surface area contributed by atoms with Gasteiger partial charge in [0, 0.05) is 6.42 Å². The van der Waals surface area contributed by atoms with Gasteiger partial charge in [0.2, 0.25) is 0 Å². The maximum absolute atomic E-state index is 10.4. The fourth-order valence-corrected chi connectivity index (χ4v) is 2.64. The van der Waals surface area contributed by atoms with Crippen molar-refractivity contribution in [3.05, 3.63) is 0 Å². The Bertz CT molecular complexity index is 165. The van der Waals surface area contributed by atoms with Crippen LogP contribution >= 0.6 is 0 Å². The molecule has 0 rings (SSSR count). The first-order chi connectivity index (χ1) is 8.85. The third-order valence-corrected chi connectivity index (χ3v) is 3.87. The van der Waals surface area contributed by atoms with Gasteiger partial charge in [-0.3, -0.25) is 0 Å². The van der Waals surface area contributed by atoms with Gasteiger partial charge in [-0.15, -0.1) is 0 Å². The monoisotopic (exact) mass is 254 g/mol. The molecule has 0 aliphatic heterocycles. The average molecular weight is 254 g/mol. The van der Waals surface area contributed by atoms with Gasteiger partial charge < -0.3 is 4.79 Å². The molecule has 1 atom stereocenters. The van der Waals surface area contributed by atoms with Gasteiger partial charge in [-0.25, -0.2) is 0 Å². The second-order valence-corrected chi connectivity index (χ2v) is 5.66. The Kier molecular flexibility index (Phi) is 14.5. The topological polar surface area (TPSA) is 17.1 Å². The first-order valence-corrected chi connectivity index (χ1v) is 8.28. The summed E-state index contributed by atoms with van der Waals surface area (Å²) in [5, 5.41) is 0. The van der Waals surface area contributed by atoms with Gasteiger partial charge in [0.1, 0.15) is 6.29 Å². The van der Waals surface area contributed by atoms with Crippen LogP contribution in [0.4, 0.5) is 0 Å². The second kappa shape index (κ2) is 14.7. The number of hydrogen-bond acceptors (Lipinski definition) is 1. The van der Waals surface area contributed by atoms with Crippen molar-refractivity contribution in [2.45, 2.75) is 97.3 Å². The fourth-order valence-electron chi connectivity index (χ4n) is 2.64. The first kappa shape index (κ1) is 17.7. The third kappa shape index (κ3) is 12.1. The lowest BCUT2D eigenvalue weighted by Crippen LogP contribution is -2.01. The van der Waals surface area contributed by atoms with Crippen LogP contribution in [0.3, 0.4) is 0 Å². The van der Waals surface area contributed by atoms with Crippen LogP contribution in [0.25, 0.3) is 0 Å². The Morgan fingerprint density at radius 2 is 1.22 bits per heavy atom. The average Bonchev–Trinajstić information content (AvgIpc) is 2.38. The van der Waals surface area contributed by atoms with Crippen molar-refractivity contribution in [3.63, 3.8) is 0 Å². The Morgan fingerprint density at radius 3 is 1.83 bits per heavy atom. The second-order valence-electron chi connectivity index (χ2n) is 5.66. The zero-order chi connectivity index (χ0) is 13.5. The molecule has 0 saturated carbocycles. The SMILES string of the molecule is CCCCCCCC(CCCC=O)CCCCC. The van der Waals surface area contributed by atoms with Gasteiger partial charge in [0.15, 0.2) is 0 Å². The molecule has 0 aromatic rings. The zero-order valence-electron chi connectivity index (χ0n) is 12.8. The van der Waals surface area contributed by atoms with Crippen LogP contribution in [-0.4, -0.2) is 6.29 Å². The quantitative estimate of drug-likeness (QED) is 0.278. The number of carbonyl (C=O) groups excluding carboxylic acids is 1. The molecule has 1 heteroatoms. The Hall–Kier alpha value is -0.330. The van der Waals surface area contributed by atoms with E-state index in [9.17, 15) is 4.79 Å². The molecule has 0 aromatic heterocycles. The van der Waals surface area contributed by atoms with Crippen molar-refractivity contribution in [2.24, 2.45) is 5.92 Å². The molecule has 0 amide bonds. The summed E-state index contributed by atoms with van der Waals surface area (Å²) in [4.78, 5) is 10.4. The van der Waals surface area contributed by atoms with Gasteiger partial charge in [-0.1, -0.05) is 84.5 Å². The summed E-state index contributed by atoms with van der Waals surface area (Å²) in [6, 6.07) is 0. The van der Waals surface area contributed by atoms with Crippen molar-refractivity contribution in [1.29, 1.82) is 0 Å². The molecule has 108 valence electrons. The van der Waals surface area contributed by atoms with Gasteiger partial charge in [-0.05, 0) is 12.3 Å². The van der Waals surface area contributed by atoms with E-state index in [0.717, 1.165) is 25.0 Å². The van der Waals surface area contributed by atoms with Crippen molar-refractivity contribution in [1.82, 2.24) is 0 Å². The number of unbranched alkanes of at least 4 members (excludes halogenated alkanes) is 7. The van der Waals surface area contributed by atoms with E-state index in [2.05, 4.69) is 13.8 Å². The number of rotatable bonds is 14. The van der Waals surface area contributed by atoms with Crippen molar-refractivity contribution in [3.8, 4) is 0 Å². The molecule has 0 N–H and O–H groups in total. The molecular formula is C17H34O. The van der Waals surface area contributed by atoms with Crippen LogP contribution in [0.5, 0.6) is 0 Å². The first-order valence-electron chi connectivity index (χ1n) is 8.28. The summed E-state index contributed by atoms with van der Waals surface area (Å²) >= 11 is 0. The summed E-state index contributed by atoms with van der Waals surface area (Å²) in [7, 11) is 0. The summed E-state index contributed by atoms with van der Waals surface area (Å²) in [5.41, 5.74) is 0. The standard InChI is InChI=1S/C17H34O/c1-3-5-7-8-10-14-17(13-9-6-4-2)15-11-12-16-18/h16-17H,3-15H2,1-2H3. The highest BCUT2D eigenvalue weighted by molar-refractivity contribution is 5.48. The van der Waals surface area contributed by atoms with Crippen LogP contribution < -0.4 is 0 Å². The van der Waals surface area contributed by atoms with Gasteiger partial charge in [0.05, 0.1) is 0 Å². The molecule has 0 aliphatic carbocycles. The summed E-state index contributed by atoms with van der Waals surface area (Å²) in [6.45, 7) is 4.54. The van der Waals surface area contributed by atoms with E-state index in [4.69, 9.17) is 0 Å². The minimum absolute atomic E-state index is 0.764. The number of aldehydes is 1. The van der Waals surface area contributed by atoms with Crippen LogP contribution in [0.2, 0.25) is 0 Å². The largest absolute Gasteiger partial charge is 0.303 e. The van der Waals surface area contributed by atoms with Crippen LogP contribution in [0, 0.1) is 5.92 Å².